The molecule has 0 N–H and O–H groups in total. The fourth-order valence-corrected chi connectivity index (χ4v) is 7.67. The van der Waals surface area contributed by atoms with Crippen LogP contribution in [0, 0.1) is 0 Å². The van der Waals surface area contributed by atoms with Crippen LogP contribution in [-0.2, 0) is 28.6 Å². The summed E-state index contributed by atoms with van der Waals surface area (Å²) in [6.07, 6.45) is 55.9. The highest BCUT2D eigenvalue weighted by atomic mass is 16.6. The van der Waals surface area contributed by atoms with Gasteiger partial charge in [-0.05, 0) is 70.6 Å². The van der Waals surface area contributed by atoms with E-state index < -0.39 is 6.10 Å². The van der Waals surface area contributed by atoms with Crippen LogP contribution in [0.3, 0.4) is 0 Å². The third kappa shape index (κ3) is 46.9. The summed E-state index contributed by atoms with van der Waals surface area (Å²) in [5.74, 6) is -0.878. The number of ether oxygens (including phenoxy) is 3. The molecular formula is C54H100O6. The van der Waals surface area contributed by atoms with Gasteiger partial charge in [-0.25, -0.2) is 0 Å². The van der Waals surface area contributed by atoms with Crippen LogP contribution in [0.15, 0.2) is 24.3 Å². The number of hydrogen-bond acceptors (Lipinski definition) is 6. The van der Waals surface area contributed by atoms with Crippen LogP contribution in [0.5, 0.6) is 0 Å². The summed E-state index contributed by atoms with van der Waals surface area (Å²) >= 11 is 0. The van der Waals surface area contributed by atoms with Gasteiger partial charge in [0.25, 0.3) is 0 Å². The van der Waals surface area contributed by atoms with Crippen molar-refractivity contribution in [2.24, 2.45) is 0 Å². The summed E-state index contributed by atoms with van der Waals surface area (Å²) < 4.78 is 16.8. The first-order valence-electron chi connectivity index (χ1n) is 26.3. The van der Waals surface area contributed by atoms with Crippen molar-refractivity contribution >= 4 is 17.9 Å². The largest absolute Gasteiger partial charge is 0.462 e. The summed E-state index contributed by atoms with van der Waals surface area (Å²) in [6.45, 7) is 6.62. The molecule has 0 aliphatic heterocycles. The molecule has 0 heterocycles. The third-order valence-electron chi connectivity index (χ3n) is 11.7. The first-order chi connectivity index (χ1) is 29.5. The zero-order valence-electron chi connectivity index (χ0n) is 40.2. The van der Waals surface area contributed by atoms with Gasteiger partial charge in [-0.3, -0.25) is 14.4 Å². The summed E-state index contributed by atoms with van der Waals surface area (Å²) in [5, 5.41) is 0. The monoisotopic (exact) mass is 845 g/mol. The highest BCUT2D eigenvalue weighted by molar-refractivity contribution is 5.71. The van der Waals surface area contributed by atoms with E-state index in [-0.39, 0.29) is 31.1 Å². The summed E-state index contributed by atoms with van der Waals surface area (Å²) in [4.78, 5) is 37.9. The molecule has 0 bridgehead atoms. The summed E-state index contributed by atoms with van der Waals surface area (Å²) in [7, 11) is 0. The van der Waals surface area contributed by atoms with E-state index in [0.717, 1.165) is 70.6 Å². The van der Waals surface area contributed by atoms with Crippen molar-refractivity contribution in [1.29, 1.82) is 0 Å². The van der Waals surface area contributed by atoms with Crippen LogP contribution in [0.4, 0.5) is 0 Å². The van der Waals surface area contributed by atoms with Crippen LogP contribution in [0.25, 0.3) is 0 Å². The van der Waals surface area contributed by atoms with Crippen molar-refractivity contribution in [1.82, 2.24) is 0 Å². The van der Waals surface area contributed by atoms with Crippen LogP contribution in [0.1, 0.15) is 284 Å². The lowest BCUT2D eigenvalue weighted by atomic mass is 10.0. The molecule has 0 radical (unpaired) electrons. The minimum absolute atomic E-state index is 0.0734. The van der Waals surface area contributed by atoms with Crippen molar-refractivity contribution in [2.45, 2.75) is 290 Å². The lowest BCUT2D eigenvalue weighted by Crippen LogP contribution is -2.30. The quantitative estimate of drug-likeness (QED) is 0.0263. The molecule has 0 saturated heterocycles. The third-order valence-corrected chi connectivity index (χ3v) is 11.7. The number of unbranched alkanes of at least 4 members (excludes halogenated alkanes) is 33. The molecule has 1 atom stereocenters. The Morgan fingerprint density at radius 1 is 0.317 bits per heavy atom. The minimum Gasteiger partial charge on any atom is -0.462 e. The van der Waals surface area contributed by atoms with Crippen molar-refractivity contribution in [3.05, 3.63) is 24.3 Å². The Hall–Kier alpha value is -2.11. The molecule has 0 aliphatic carbocycles. The Kier molecular flexibility index (Phi) is 47.8. The Balaban J connectivity index is 4.34. The molecule has 0 aromatic carbocycles. The van der Waals surface area contributed by atoms with E-state index in [0.29, 0.717) is 19.3 Å². The zero-order valence-corrected chi connectivity index (χ0v) is 40.2. The van der Waals surface area contributed by atoms with Crippen molar-refractivity contribution < 1.29 is 28.6 Å². The van der Waals surface area contributed by atoms with E-state index in [1.807, 2.05) is 0 Å². The smallest absolute Gasteiger partial charge is 0.306 e. The van der Waals surface area contributed by atoms with Gasteiger partial charge in [0.05, 0.1) is 0 Å². The lowest BCUT2D eigenvalue weighted by molar-refractivity contribution is -0.167. The van der Waals surface area contributed by atoms with Crippen molar-refractivity contribution in [3.8, 4) is 0 Å². The maximum atomic E-state index is 12.8. The van der Waals surface area contributed by atoms with Gasteiger partial charge in [-0.1, -0.05) is 218 Å². The van der Waals surface area contributed by atoms with Crippen LogP contribution >= 0.6 is 0 Å². The van der Waals surface area contributed by atoms with E-state index in [4.69, 9.17) is 14.2 Å². The Morgan fingerprint density at radius 2 is 0.550 bits per heavy atom. The Labute approximate surface area is 373 Å². The molecule has 0 aromatic heterocycles. The van der Waals surface area contributed by atoms with E-state index in [9.17, 15) is 14.4 Å². The maximum absolute atomic E-state index is 12.8. The molecule has 0 aliphatic rings. The van der Waals surface area contributed by atoms with Gasteiger partial charge in [0.2, 0.25) is 0 Å². The van der Waals surface area contributed by atoms with Gasteiger partial charge in [-0.15, -0.1) is 0 Å². The molecule has 0 saturated carbocycles. The van der Waals surface area contributed by atoms with Gasteiger partial charge in [-0.2, -0.15) is 0 Å². The molecular weight excluding hydrogens is 745 g/mol. The average Bonchev–Trinajstić information content (AvgIpc) is 3.24. The SMILES string of the molecule is CCCCC/C=C\CCCCCCCC(=O)OCC(COC(=O)CCCCCCCCCCCCCCCCCC)OC(=O)CCCCCCC/C=C\CCCCCCC. The normalized spacial score (nSPS) is 12.1. The Morgan fingerprint density at radius 3 is 0.867 bits per heavy atom. The van der Waals surface area contributed by atoms with E-state index >= 15 is 0 Å². The number of rotatable bonds is 48. The van der Waals surface area contributed by atoms with Crippen LogP contribution in [0.2, 0.25) is 0 Å². The van der Waals surface area contributed by atoms with E-state index in [1.54, 1.807) is 0 Å². The molecule has 0 fully saturated rings. The summed E-state index contributed by atoms with van der Waals surface area (Å²) in [5.41, 5.74) is 0. The molecule has 1 unspecified atom stereocenters. The van der Waals surface area contributed by atoms with Gasteiger partial charge >= 0.3 is 17.9 Å². The highest BCUT2D eigenvalue weighted by Gasteiger charge is 2.19. The first-order valence-corrected chi connectivity index (χ1v) is 26.3. The van der Waals surface area contributed by atoms with E-state index in [1.165, 1.54) is 173 Å². The minimum atomic E-state index is -0.773. The van der Waals surface area contributed by atoms with E-state index in [2.05, 4.69) is 45.1 Å². The number of carbonyl (C=O) groups is 3. The second-order valence-corrected chi connectivity index (χ2v) is 17.8. The zero-order chi connectivity index (χ0) is 43.7. The molecule has 352 valence electrons. The topological polar surface area (TPSA) is 78.9 Å². The lowest BCUT2D eigenvalue weighted by Gasteiger charge is -2.18. The fraction of sp³-hybridized carbons (Fsp3) is 0.870. The first kappa shape index (κ1) is 57.9. The number of esters is 3. The van der Waals surface area contributed by atoms with Crippen LogP contribution < -0.4 is 0 Å². The molecule has 0 spiro atoms. The summed E-state index contributed by atoms with van der Waals surface area (Å²) in [6, 6.07) is 0. The number of allylic oxidation sites excluding steroid dienone is 4. The number of carbonyl (C=O) groups excluding carboxylic acids is 3. The fourth-order valence-electron chi connectivity index (χ4n) is 7.67. The van der Waals surface area contributed by atoms with Crippen molar-refractivity contribution in [3.63, 3.8) is 0 Å². The molecule has 0 amide bonds. The van der Waals surface area contributed by atoms with Gasteiger partial charge < -0.3 is 14.2 Å². The van der Waals surface area contributed by atoms with Crippen molar-refractivity contribution in [2.75, 3.05) is 13.2 Å². The van der Waals surface area contributed by atoms with Gasteiger partial charge in [0, 0.05) is 19.3 Å². The predicted octanol–water partition coefficient (Wildman–Crippen LogP) is 17.2. The molecule has 6 nitrogen and oxygen atoms in total. The van der Waals surface area contributed by atoms with Crippen LogP contribution in [-0.4, -0.2) is 37.2 Å². The Bertz CT molecular complexity index is 973. The van der Waals surface area contributed by atoms with Gasteiger partial charge in [0.1, 0.15) is 13.2 Å². The number of hydrogen-bond donors (Lipinski definition) is 0. The van der Waals surface area contributed by atoms with Gasteiger partial charge in [0.15, 0.2) is 6.10 Å². The molecule has 0 rings (SSSR count). The molecule has 0 aromatic rings. The second kappa shape index (κ2) is 49.5. The maximum Gasteiger partial charge on any atom is 0.306 e. The predicted molar refractivity (Wildman–Crippen MR) is 256 cm³/mol. The highest BCUT2D eigenvalue weighted by Crippen LogP contribution is 2.16. The molecule has 60 heavy (non-hydrogen) atoms. The standard InChI is InChI=1S/C54H100O6/c1-4-7-10-13-16-19-22-25-27-28-30-32-35-38-41-44-47-53(56)59-50-51(49-58-52(55)46-43-40-37-34-31-24-21-18-15-12-9-6-3)60-54(57)48-45-42-39-36-33-29-26-23-20-17-14-11-8-5-2/h18,21,23,26,51H,4-17,19-20,22,24-25,27-50H2,1-3H3/b21-18-,26-23-. The average molecular weight is 845 g/mol. The second-order valence-electron chi connectivity index (χ2n) is 17.8. The molecule has 6 heteroatoms.